The Balaban J connectivity index is 1.25. The number of fused-ring (bicyclic) bond motifs is 1. The van der Waals surface area contributed by atoms with Crippen molar-refractivity contribution in [2.45, 2.75) is 26.3 Å². The standard InChI is InChI=1S/C20H29N3O5S/c1-2-29(25,26)23-7-5-17(6-8-23)20(24)22-11-9-21(10-12-22)14-16-3-4-18-19(13-16)28-15-27-18/h3-4,13,17H,2,5-12,14-15H2,1H3. The van der Waals surface area contributed by atoms with Crippen LogP contribution in [0.5, 0.6) is 11.5 Å². The van der Waals surface area contributed by atoms with Crippen LogP contribution in [0.15, 0.2) is 18.2 Å². The van der Waals surface area contributed by atoms with Crippen LogP contribution >= 0.6 is 0 Å². The normalized spacial score (nSPS) is 21.5. The highest BCUT2D eigenvalue weighted by molar-refractivity contribution is 7.89. The topological polar surface area (TPSA) is 79.4 Å². The highest BCUT2D eigenvalue weighted by atomic mass is 32.2. The number of benzene rings is 1. The average Bonchev–Trinajstić information content (AvgIpc) is 3.22. The van der Waals surface area contributed by atoms with Gasteiger partial charge in [0, 0.05) is 51.7 Å². The number of hydrogen-bond acceptors (Lipinski definition) is 6. The van der Waals surface area contributed by atoms with Crippen molar-refractivity contribution >= 4 is 15.9 Å². The molecule has 0 spiro atoms. The number of amides is 1. The molecule has 1 aromatic rings. The van der Waals surface area contributed by atoms with Gasteiger partial charge in [-0.25, -0.2) is 12.7 Å². The molecule has 0 saturated carbocycles. The maximum absolute atomic E-state index is 12.9. The van der Waals surface area contributed by atoms with Crippen LogP contribution in [0.25, 0.3) is 0 Å². The predicted octanol–water partition coefficient (Wildman–Crippen LogP) is 1.12. The monoisotopic (exact) mass is 423 g/mol. The number of piperazine rings is 1. The van der Waals surface area contributed by atoms with E-state index < -0.39 is 10.0 Å². The summed E-state index contributed by atoms with van der Waals surface area (Å²) in [5, 5.41) is 0. The summed E-state index contributed by atoms with van der Waals surface area (Å²) in [7, 11) is -3.15. The number of piperidine rings is 1. The number of sulfonamides is 1. The van der Waals surface area contributed by atoms with Crippen LogP contribution in [0.1, 0.15) is 25.3 Å². The Morgan fingerprint density at radius 2 is 1.72 bits per heavy atom. The van der Waals surface area contributed by atoms with E-state index in [0.717, 1.165) is 44.2 Å². The molecule has 0 N–H and O–H groups in total. The van der Waals surface area contributed by atoms with E-state index in [2.05, 4.69) is 11.0 Å². The lowest BCUT2D eigenvalue weighted by Crippen LogP contribution is -2.51. The molecule has 0 atom stereocenters. The fourth-order valence-corrected chi connectivity index (χ4v) is 5.38. The van der Waals surface area contributed by atoms with Gasteiger partial charge in [-0.15, -0.1) is 0 Å². The second-order valence-corrected chi connectivity index (χ2v) is 10.1. The van der Waals surface area contributed by atoms with Crippen LogP contribution in [-0.2, 0) is 21.4 Å². The minimum absolute atomic E-state index is 0.0567. The van der Waals surface area contributed by atoms with E-state index in [9.17, 15) is 13.2 Å². The summed E-state index contributed by atoms with van der Waals surface area (Å²) in [4.78, 5) is 17.2. The van der Waals surface area contributed by atoms with Crippen LogP contribution in [0.2, 0.25) is 0 Å². The Hall–Kier alpha value is -1.84. The Labute approximate surface area is 172 Å². The molecule has 160 valence electrons. The summed E-state index contributed by atoms with van der Waals surface area (Å²) in [5.74, 6) is 1.84. The minimum atomic E-state index is -3.15. The molecule has 3 aliphatic rings. The van der Waals surface area contributed by atoms with Gasteiger partial charge in [-0.2, -0.15) is 0 Å². The molecule has 1 aromatic carbocycles. The maximum Gasteiger partial charge on any atom is 0.231 e. The number of rotatable bonds is 5. The Kier molecular flexibility index (Phi) is 5.98. The molecule has 3 aliphatic heterocycles. The van der Waals surface area contributed by atoms with Gasteiger partial charge in [0.05, 0.1) is 5.75 Å². The third-order valence-corrected chi connectivity index (χ3v) is 7.97. The maximum atomic E-state index is 12.9. The molecule has 3 heterocycles. The predicted molar refractivity (Wildman–Crippen MR) is 108 cm³/mol. The molecule has 29 heavy (non-hydrogen) atoms. The van der Waals surface area contributed by atoms with E-state index in [4.69, 9.17) is 9.47 Å². The highest BCUT2D eigenvalue weighted by Gasteiger charge is 2.33. The molecule has 0 radical (unpaired) electrons. The van der Waals surface area contributed by atoms with Crippen LogP contribution in [0.3, 0.4) is 0 Å². The lowest BCUT2D eigenvalue weighted by atomic mass is 9.96. The molecular weight excluding hydrogens is 394 g/mol. The van der Waals surface area contributed by atoms with Gasteiger partial charge in [0.15, 0.2) is 11.5 Å². The van der Waals surface area contributed by atoms with Gasteiger partial charge < -0.3 is 14.4 Å². The van der Waals surface area contributed by atoms with Gasteiger partial charge in [0.25, 0.3) is 0 Å². The number of carbonyl (C=O) groups is 1. The van der Waals surface area contributed by atoms with E-state index in [0.29, 0.717) is 25.9 Å². The number of carbonyl (C=O) groups excluding carboxylic acids is 1. The number of hydrogen-bond donors (Lipinski definition) is 0. The van der Waals surface area contributed by atoms with Gasteiger partial charge in [-0.05, 0) is 37.5 Å². The molecule has 1 amide bonds. The molecule has 2 saturated heterocycles. The number of nitrogens with zero attached hydrogens (tertiary/aromatic N) is 3. The SMILES string of the molecule is CCS(=O)(=O)N1CCC(C(=O)N2CCN(Cc3ccc4c(c3)OCO4)CC2)CC1. The molecule has 0 bridgehead atoms. The highest BCUT2D eigenvalue weighted by Crippen LogP contribution is 2.33. The summed E-state index contributed by atoms with van der Waals surface area (Å²) in [5.41, 5.74) is 1.18. The zero-order valence-electron chi connectivity index (χ0n) is 16.9. The molecule has 2 fully saturated rings. The van der Waals surface area contributed by atoms with Crippen LogP contribution in [0, 0.1) is 5.92 Å². The molecule has 0 unspecified atom stereocenters. The Morgan fingerprint density at radius 3 is 2.41 bits per heavy atom. The first-order valence-electron chi connectivity index (χ1n) is 10.3. The fraction of sp³-hybridized carbons (Fsp3) is 0.650. The lowest BCUT2D eigenvalue weighted by molar-refractivity contribution is -0.138. The van der Waals surface area contributed by atoms with E-state index in [-0.39, 0.29) is 24.4 Å². The minimum Gasteiger partial charge on any atom is -0.454 e. The van der Waals surface area contributed by atoms with E-state index in [1.54, 1.807) is 6.92 Å². The van der Waals surface area contributed by atoms with Crippen molar-refractivity contribution < 1.29 is 22.7 Å². The summed E-state index contributed by atoms with van der Waals surface area (Å²) in [6.45, 7) is 6.79. The fourth-order valence-electron chi connectivity index (χ4n) is 4.25. The quantitative estimate of drug-likeness (QED) is 0.706. The summed E-state index contributed by atoms with van der Waals surface area (Å²) in [6.07, 6.45) is 1.24. The van der Waals surface area contributed by atoms with Crippen molar-refractivity contribution in [2.75, 3.05) is 51.8 Å². The Morgan fingerprint density at radius 1 is 1.03 bits per heavy atom. The first-order valence-corrected chi connectivity index (χ1v) is 11.9. The lowest BCUT2D eigenvalue weighted by Gasteiger charge is -2.38. The van der Waals surface area contributed by atoms with Crippen molar-refractivity contribution in [3.05, 3.63) is 23.8 Å². The Bertz CT molecular complexity index is 844. The van der Waals surface area contributed by atoms with Crippen LogP contribution < -0.4 is 9.47 Å². The summed E-state index contributed by atoms with van der Waals surface area (Å²) < 4.78 is 36.3. The van der Waals surface area contributed by atoms with Crippen molar-refractivity contribution in [3.8, 4) is 11.5 Å². The van der Waals surface area contributed by atoms with E-state index in [1.807, 2.05) is 17.0 Å². The largest absolute Gasteiger partial charge is 0.454 e. The smallest absolute Gasteiger partial charge is 0.231 e. The van der Waals surface area contributed by atoms with Crippen molar-refractivity contribution in [3.63, 3.8) is 0 Å². The average molecular weight is 424 g/mol. The molecule has 4 rings (SSSR count). The second kappa shape index (κ2) is 8.49. The van der Waals surface area contributed by atoms with E-state index in [1.165, 1.54) is 9.87 Å². The first kappa shape index (κ1) is 20.4. The molecule has 0 aliphatic carbocycles. The van der Waals surface area contributed by atoms with Crippen LogP contribution in [0.4, 0.5) is 0 Å². The second-order valence-electron chi connectivity index (χ2n) is 7.86. The van der Waals surface area contributed by atoms with Crippen molar-refractivity contribution in [1.82, 2.24) is 14.1 Å². The first-order chi connectivity index (χ1) is 14.0. The van der Waals surface area contributed by atoms with Gasteiger partial charge >= 0.3 is 0 Å². The molecule has 0 aromatic heterocycles. The van der Waals surface area contributed by atoms with Crippen molar-refractivity contribution in [2.24, 2.45) is 5.92 Å². The third-order valence-electron chi connectivity index (χ3n) is 6.09. The summed E-state index contributed by atoms with van der Waals surface area (Å²) in [6, 6.07) is 6.03. The van der Waals surface area contributed by atoms with Gasteiger partial charge in [-0.3, -0.25) is 9.69 Å². The molecule has 9 heteroatoms. The van der Waals surface area contributed by atoms with Gasteiger partial charge in [-0.1, -0.05) is 6.07 Å². The van der Waals surface area contributed by atoms with Gasteiger partial charge in [0.1, 0.15) is 0 Å². The van der Waals surface area contributed by atoms with Crippen LogP contribution in [-0.4, -0.2) is 80.2 Å². The molecular formula is C20H29N3O5S. The van der Waals surface area contributed by atoms with Gasteiger partial charge in [0.2, 0.25) is 22.7 Å². The number of ether oxygens (including phenoxy) is 2. The zero-order valence-corrected chi connectivity index (χ0v) is 17.7. The third kappa shape index (κ3) is 4.51. The van der Waals surface area contributed by atoms with Crippen molar-refractivity contribution in [1.29, 1.82) is 0 Å². The zero-order chi connectivity index (χ0) is 20.4. The summed E-state index contributed by atoms with van der Waals surface area (Å²) >= 11 is 0. The van der Waals surface area contributed by atoms with E-state index >= 15 is 0 Å². The molecule has 8 nitrogen and oxygen atoms in total.